The van der Waals surface area contributed by atoms with Crippen LogP contribution in [0.15, 0.2) is 12.1 Å². The summed E-state index contributed by atoms with van der Waals surface area (Å²) >= 11 is 0. The Balaban J connectivity index is 2.23. The van der Waals surface area contributed by atoms with Gasteiger partial charge in [-0.25, -0.2) is 8.78 Å². The number of ether oxygens (including phenoxy) is 1. The molecule has 0 spiro atoms. The zero-order valence-electron chi connectivity index (χ0n) is 9.88. The van der Waals surface area contributed by atoms with E-state index in [0.29, 0.717) is 5.56 Å². The summed E-state index contributed by atoms with van der Waals surface area (Å²) in [5.41, 5.74) is 6.25. The molecule has 1 aromatic carbocycles. The van der Waals surface area contributed by atoms with Gasteiger partial charge in [0.05, 0.1) is 7.11 Å². The van der Waals surface area contributed by atoms with Gasteiger partial charge in [0.25, 0.3) is 0 Å². The summed E-state index contributed by atoms with van der Waals surface area (Å²) in [5.74, 6) is -0.850. The van der Waals surface area contributed by atoms with Gasteiger partial charge in [-0.1, -0.05) is 0 Å². The van der Waals surface area contributed by atoms with Crippen LogP contribution in [0.4, 0.5) is 8.78 Å². The number of hydrogen-bond acceptors (Lipinski definition) is 2. The second-order valence-electron chi connectivity index (χ2n) is 4.62. The first-order chi connectivity index (χ1) is 8.11. The highest BCUT2D eigenvalue weighted by Gasteiger charge is 2.23. The van der Waals surface area contributed by atoms with Crippen LogP contribution < -0.4 is 10.5 Å². The Morgan fingerprint density at radius 3 is 2.35 bits per heavy atom. The number of hydrogen-bond donors (Lipinski definition) is 1. The second-order valence-corrected chi connectivity index (χ2v) is 4.62. The summed E-state index contributed by atoms with van der Waals surface area (Å²) in [4.78, 5) is 0. The van der Waals surface area contributed by atoms with Gasteiger partial charge < -0.3 is 10.5 Å². The van der Waals surface area contributed by atoms with Gasteiger partial charge in [-0.15, -0.1) is 0 Å². The van der Waals surface area contributed by atoms with E-state index in [2.05, 4.69) is 0 Å². The van der Waals surface area contributed by atoms with Gasteiger partial charge in [-0.2, -0.15) is 0 Å². The Hall–Kier alpha value is -1.16. The van der Waals surface area contributed by atoms with Crippen LogP contribution in [-0.2, 0) is 0 Å². The minimum Gasteiger partial charge on any atom is -0.494 e. The first-order valence-corrected chi connectivity index (χ1v) is 5.90. The van der Waals surface area contributed by atoms with Crippen molar-refractivity contribution in [1.82, 2.24) is 0 Å². The number of methoxy groups -OCH3 is 1. The molecule has 0 heterocycles. The quantitative estimate of drug-likeness (QED) is 0.864. The molecule has 1 aliphatic rings. The summed E-state index contributed by atoms with van der Waals surface area (Å²) in [6, 6.07) is 2.59. The summed E-state index contributed by atoms with van der Waals surface area (Å²) in [6.45, 7) is 0. The third kappa shape index (κ3) is 2.57. The van der Waals surface area contributed by atoms with Gasteiger partial charge >= 0.3 is 0 Å². The average Bonchev–Trinajstić information content (AvgIpc) is 2.33. The lowest BCUT2D eigenvalue weighted by Crippen LogP contribution is -2.26. The lowest BCUT2D eigenvalue weighted by atomic mass is 9.82. The SMILES string of the molecule is COc1cc(F)c(C2CCC(N)CC2)cc1F. The van der Waals surface area contributed by atoms with Crippen molar-refractivity contribution >= 4 is 0 Å². The van der Waals surface area contributed by atoms with E-state index in [1.807, 2.05) is 0 Å². The Morgan fingerprint density at radius 2 is 1.76 bits per heavy atom. The predicted octanol–water partition coefficient (Wildman–Crippen LogP) is 2.96. The van der Waals surface area contributed by atoms with Crippen molar-refractivity contribution in [3.8, 4) is 5.75 Å². The largest absolute Gasteiger partial charge is 0.494 e. The van der Waals surface area contributed by atoms with Crippen LogP contribution in [0.25, 0.3) is 0 Å². The summed E-state index contributed by atoms with van der Waals surface area (Å²) in [7, 11) is 1.33. The summed E-state index contributed by atoms with van der Waals surface area (Å²) in [5, 5.41) is 0. The van der Waals surface area contributed by atoms with Crippen LogP contribution in [0.2, 0.25) is 0 Å². The van der Waals surface area contributed by atoms with E-state index in [-0.39, 0.29) is 23.5 Å². The predicted molar refractivity (Wildman–Crippen MR) is 62.1 cm³/mol. The molecule has 17 heavy (non-hydrogen) atoms. The molecule has 0 saturated heterocycles. The molecule has 2 nitrogen and oxygen atoms in total. The van der Waals surface area contributed by atoms with Crippen molar-refractivity contribution in [2.24, 2.45) is 5.73 Å². The van der Waals surface area contributed by atoms with Crippen LogP contribution in [0.3, 0.4) is 0 Å². The normalized spacial score (nSPS) is 24.7. The Labute approximate surface area is 99.8 Å². The first-order valence-electron chi connectivity index (χ1n) is 5.90. The molecule has 0 bridgehead atoms. The zero-order valence-corrected chi connectivity index (χ0v) is 9.88. The van der Waals surface area contributed by atoms with Crippen molar-refractivity contribution in [3.05, 3.63) is 29.3 Å². The summed E-state index contributed by atoms with van der Waals surface area (Å²) in [6.07, 6.45) is 3.39. The number of halogens is 2. The fourth-order valence-electron chi connectivity index (χ4n) is 2.44. The van der Waals surface area contributed by atoms with Crippen molar-refractivity contribution in [2.45, 2.75) is 37.6 Å². The lowest BCUT2D eigenvalue weighted by molar-refractivity contribution is 0.369. The average molecular weight is 241 g/mol. The number of rotatable bonds is 2. The first kappa shape index (κ1) is 12.3. The van der Waals surface area contributed by atoms with E-state index >= 15 is 0 Å². The van der Waals surface area contributed by atoms with Gasteiger partial charge in [0, 0.05) is 12.1 Å². The van der Waals surface area contributed by atoms with Crippen molar-refractivity contribution in [2.75, 3.05) is 7.11 Å². The van der Waals surface area contributed by atoms with E-state index in [9.17, 15) is 8.78 Å². The second kappa shape index (κ2) is 5.00. The Kier molecular flexibility index (Phi) is 3.62. The molecule has 1 fully saturated rings. The van der Waals surface area contributed by atoms with Crippen LogP contribution in [0.5, 0.6) is 5.75 Å². The third-order valence-corrected chi connectivity index (χ3v) is 3.48. The van der Waals surface area contributed by atoms with E-state index < -0.39 is 5.82 Å². The highest BCUT2D eigenvalue weighted by Crippen LogP contribution is 2.35. The number of nitrogens with two attached hydrogens (primary N) is 1. The fourth-order valence-corrected chi connectivity index (χ4v) is 2.44. The van der Waals surface area contributed by atoms with E-state index in [4.69, 9.17) is 10.5 Å². The van der Waals surface area contributed by atoms with Gasteiger partial charge in [0.15, 0.2) is 11.6 Å². The minimum absolute atomic E-state index is 0.0428. The molecule has 94 valence electrons. The van der Waals surface area contributed by atoms with Gasteiger partial charge in [-0.05, 0) is 43.2 Å². The van der Waals surface area contributed by atoms with Crippen molar-refractivity contribution in [1.29, 1.82) is 0 Å². The van der Waals surface area contributed by atoms with Crippen molar-refractivity contribution < 1.29 is 13.5 Å². The molecule has 1 saturated carbocycles. The highest BCUT2D eigenvalue weighted by atomic mass is 19.1. The van der Waals surface area contributed by atoms with E-state index in [1.165, 1.54) is 13.2 Å². The van der Waals surface area contributed by atoms with Crippen LogP contribution in [-0.4, -0.2) is 13.2 Å². The molecular weight excluding hydrogens is 224 g/mol. The lowest BCUT2D eigenvalue weighted by Gasteiger charge is -2.26. The molecule has 4 heteroatoms. The molecule has 0 amide bonds. The summed E-state index contributed by atoms with van der Waals surface area (Å²) < 4.78 is 32.1. The molecule has 0 aromatic heterocycles. The molecule has 2 rings (SSSR count). The fraction of sp³-hybridized carbons (Fsp3) is 0.538. The maximum absolute atomic E-state index is 13.8. The maximum atomic E-state index is 13.8. The Morgan fingerprint density at radius 1 is 1.12 bits per heavy atom. The standard InChI is InChI=1S/C13H17F2NO/c1-17-13-7-11(14)10(6-12(13)15)8-2-4-9(16)5-3-8/h6-9H,2-5,16H2,1H3. The highest BCUT2D eigenvalue weighted by molar-refractivity contribution is 5.33. The van der Waals surface area contributed by atoms with Gasteiger partial charge in [0.2, 0.25) is 0 Å². The van der Waals surface area contributed by atoms with Crippen LogP contribution in [0.1, 0.15) is 37.2 Å². The van der Waals surface area contributed by atoms with Crippen LogP contribution in [0, 0.1) is 11.6 Å². The van der Waals surface area contributed by atoms with Crippen molar-refractivity contribution in [3.63, 3.8) is 0 Å². The van der Waals surface area contributed by atoms with Gasteiger partial charge in [0.1, 0.15) is 5.82 Å². The molecule has 0 atom stereocenters. The molecule has 0 aliphatic heterocycles. The van der Waals surface area contributed by atoms with E-state index in [1.54, 1.807) is 0 Å². The molecule has 1 aromatic rings. The molecule has 0 unspecified atom stereocenters. The molecule has 0 radical (unpaired) electrons. The monoisotopic (exact) mass is 241 g/mol. The maximum Gasteiger partial charge on any atom is 0.165 e. The number of benzene rings is 1. The zero-order chi connectivity index (χ0) is 12.4. The van der Waals surface area contributed by atoms with E-state index in [0.717, 1.165) is 31.7 Å². The molecule has 1 aliphatic carbocycles. The topological polar surface area (TPSA) is 35.2 Å². The van der Waals surface area contributed by atoms with Crippen LogP contribution >= 0.6 is 0 Å². The minimum atomic E-state index is -0.501. The Bertz CT molecular complexity index is 401. The molecule has 2 N–H and O–H groups in total. The molecular formula is C13H17F2NO. The third-order valence-electron chi connectivity index (χ3n) is 3.48. The smallest absolute Gasteiger partial charge is 0.165 e. The van der Waals surface area contributed by atoms with Gasteiger partial charge in [-0.3, -0.25) is 0 Å².